The molecule has 0 aromatic heterocycles. The van der Waals surface area contributed by atoms with E-state index in [1.165, 1.54) is 36.7 Å². The number of aliphatic imine (C=N–C) groups is 2. The van der Waals surface area contributed by atoms with E-state index in [0.717, 1.165) is 0 Å². The predicted molar refractivity (Wildman–Crippen MR) is 123 cm³/mol. The second-order valence-corrected chi connectivity index (χ2v) is 9.82. The Kier molecular flexibility index (Phi) is 14.2. The number of benzene rings is 2. The van der Waals surface area contributed by atoms with Gasteiger partial charge in [-0.05, 0) is 72.2 Å². The van der Waals surface area contributed by atoms with Gasteiger partial charge in [0.25, 0.3) is 0 Å². The third-order valence-corrected chi connectivity index (χ3v) is 6.68. The quantitative estimate of drug-likeness (QED) is 0.208. The van der Waals surface area contributed by atoms with Crippen molar-refractivity contribution < 1.29 is 85.1 Å². The van der Waals surface area contributed by atoms with Gasteiger partial charge in [0.05, 0.1) is 21.2 Å². The van der Waals surface area contributed by atoms with Crippen LogP contribution >= 0.6 is 0 Å². The Morgan fingerprint density at radius 3 is 1.03 bits per heavy atom. The summed E-state index contributed by atoms with van der Waals surface area (Å²) in [7, 11) is -9.14. The van der Waals surface area contributed by atoms with Crippen LogP contribution in [0.3, 0.4) is 0 Å². The fraction of sp³-hybridized carbons (Fsp3) is 0.364. The first-order chi connectivity index (χ1) is 15.0. The molecule has 2 aromatic carbocycles. The van der Waals surface area contributed by atoms with Crippen LogP contribution < -0.4 is 59.1 Å². The molecule has 0 N–H and O–H groups in total. The molecule has 0 aliphatic carbocycles. The van der Waals surface area contributed by atoms with Crippen molar-refractivity contribution in [2.75, 3.05) is 0 Å². The summed E-state index contributed by atoms with van der Waals surface area (Å²) in [5.41, 5.74) is 3.73. The molecule has 0 heterocycles. The molecular formula is C22H26N2Na2O6S2. The van der Waals surface area contributed by atoms with Gasteiger partial charge >= 0.3 is 59.1 Å². The van der Waals surface area contributed by atoms with Crippen molar-refractivity contribution in [3.05, 3.63) is 46.5 Å². The van der Waals surface area contributed by atoms with Crippen LogP contribution in [0.25, 0.3) is 0 Å². The van der Waals surface area contributed by atoms with Crippen LogP contribution in [0.2, 0.25) is 0 Å². The maximum absolute atomic E-state index is 11.4. The zero-order valence-corrected chi connectivity index (χ0v) is 26.1. The maximum Gasteiger partial charge on any atom is 1.00 e. The zero-order chi connectivity index (χ0) is 24.1. The van der Waals surface area contributed by atoms with Gasteiger partial charge in [0.1, 0.15) is 20.2 Å². The fourth-order valence-corrected chi connectivity index (χ4v) is 4.52. The molecule has 12 heteroatoms. The van der Waals surface area contributed by atoms with Crippen LogP contribution in [-0.4, -0.2) is 38.4 Å². The Bertz CT molecular complexity index is 1120. The van der Waals surface area contributed by atoms with E-state index >= 15 is 0 Å². The fourth-order valence-electron chi connectivity index (χ4n) is 3.37. The van der Waals surface area contributed by atoms with Crippen LogP contribution in [-0.2, 0) is 45.9 Å². The third kappa shape index (κ3) is 8.62. The van der Waals surface area contributed by atoms with E-state index in [2.05, 4.69) is 9.98 Å². The van der Waals surface area contributed by atoms with Gasteiger partial charge in [-0.25, -0.2) is 16.8 Å². The Hall–Kier alpha value is -0.400. The molecule has 0 fully saturated rings. The van der Waals surface area contributed by atoms with E-state index in [0.29, 0.717) is 59.3 Å². The second-order valence-electron chi connectivity index (χ2n) is 7.06. The molecule has 8 nitrogen and oxygen atoms in total. The number of aryl methyl sites for hydroxylation is 4. The summed E-state index contributed by atoms with van der Waals surface area (Å²) in [5.74, 6) is 0. The number of hydrogen-bond acceptors (Lipinski definition) is 8. The van der Waals surface area contributed by atoms with Gasteiger partial charge in [0.2, 0.25) is 0 Å². The minimum absolute atomic E-state index is 0. The molecule has 2 aromatic rings. The summed E-state index contributed by atoms with van der Waals surface area (Å²) in [4.78, 5) is 8.33. The Balaban J connectivity index is 0.00000544. The van der Waals surface area contributed by atoms with E-state index in [-0.39, 0.29) is 68.9 Å². The van der Waals surface area contributed by atoms with Crippen LogP contribution in [0.5, 0.6) is 0 Å². The van der Waals surface area contributed by atoms with Gasteiger partial charge in [-0.3, -0.25) is 9.98 Å². The van der Waals surface area contributed by atoms with Gasteiger partial charge in [-0.15, -0.1) is 0 Å². The minimum atomic E-state index is -4.57. The van der Waals surface area contributed by atoms with Crippen LogP contribution in [0.1, 0.15) is 49.9 Å². The van der Waals surface area contributed by atoms with E-state index in [1.807, 2.05) is 27.7 Å². The smallest absolute Gasteiger partial charge is 0.744 e. The Labute approximate surface area is 246 Å². The standard InChI is InChI=1S/C22H28N2O6S2.2Na/c1-5-15-11-19(31(25,26)27)12-16(6-2)21(15)23-9-10-24-22-17(7-3)13-20(32(28,29)30)14-18(22)8-4;;/h9-14H,5-8H2,1-4H3,(H,25,26,27)(H,28,29,30);;/q;2*+1/p-2. The third-order valence-electron chi connectivity index (χ3n) is 5.06. The SMILES string of the molecule is CCc1cc(S(=O)(=O)[O-])cc(CC)c1N=CC=Nc1c(CC)cc(S(=O)(=O)[O-])cc1CC.[Na+].[Na+]. The van der Waals surface area contributed by atoms with E-state index in [4.69, 9.17) is 0 Å². The first-order valence-corrected chi connectivity index (χ1v) is 13.1. The van der Waals surface area contributed by atoms with E-state index in [1.54, 1.807) is 0 Å². The topological polar surface area (TPSA) is 139 Å². The van der Waals surface area contributed by atoms with Gasteiger partial charge in [0, 0.05) is 12.4 Å². The molecule has 174 valence electrons. The first-order valence-electron chi connectivity index (χ1n) is 10.3. The van der Waals surface area contributed by atoms with Crippen molar-refractivity contribution in [1.82, 2.24) is 0 Å². The Morgan fingerprint density at radius 1 is 0.618 bits per heavy atom. The van der Waals surface area contributed by atoms with Crippen LogP contribution in [0.4, 0.5) is 11.4 Å². The van der Waals surface area contributed by atoms with Gasteiger partial charge in [-0.1, -0.05) is 27.7 Å². The monoisotopic (exact) mass is 524 g/mol. The molecule has 0 spiro atoms. The predicted octanol–water partition coefficient (Wildman–Crippen LogP) is -2.14. The van der Waals surface area contributed by atoms with E-state index < -0.39 is 20.2 Å². The summed E-state index contributed by atoms with van der Waals surface area (Å²) in [5, 5.41) is 0. The second kappa shape index (κ2) is 14.4. The van der Waals surface area contributed by atoms with Gasteiger partial charge in [-0.2, -0.15) is 0 Å². The van der Waals surface area contributed by atoms with Crippen molar-refractivity contribution in [2.45, 2.75) is 63.2 Å². The molecule has 2 rings (SSSR count). The number of rotatable bonds is 9. The summed E-state index contributed by atoms with van der Waals surface area (Å²) in [6.45, 7) is 7.37. The normalized spacial score (nSPS) is 12.1. The van der Waals surface area contributed by atoms with Gasteiger partial charge < -0.3 is 9.11 Å². The zero-order valence-electron chi connectivity index (χ0n) is 20.5. The molecule has 0 atom stereocenters. The molecule has 0 saturated carbocycles. The maximum atomic E-state index is 11.4. The molecular weight excluding hydrogens is 498 g/mol. The van der Waals surface area contributed by atoms with E-state index in [9.17, 15) is 25.9 Å². The molecule has 0 aliphatic heterocycles. The molecule has 0 radical (unpaired) electrons. The Morgan fingerprint density at radius 2 is 0.853 bits per heavy atom. The summed E-state index contributed by atoms with van der Waals surface area (Å²) >= 11 is 0. The van der Waals surface area contributed by atoms with Gasteiger partial charge in [0.15, 0.2) is 0 Å². The molecule has 34 heavy (non-hydrogen) atoms. The van der Waals surface area contributed by atoms with Crippen LogP contribution in [0, 0.1) is 0 Å². The first kappa shape index (κ1) is 33.6. The number of hydrogen-bond donors (Lipinski definition) is 0. The summed E-state index contributed by atoms with van der Waals surface area (Å²) in [6, 6.07) is 5.38. The van der Waals surface area contributed by atoms with Crippen molar-refractivity contribution in [2.24, 2.45) is 9.98 Å². The molecule has 0 saturated heterocycles. The largest absolute Gasteiger partial charge is 1.00 e. The van der Waals surface area contributed by atoms with Crippen molar-refractivity contribution in [3.8, 4) is 0 Å². The van der Waals surface area contributed by atoms with Crippen molar-refractivity contribution >= 4 is 44.0 Å². The summed E-state index contributed by atoms with van der Waals surface area (Å²) in [6.07, 6.45) is 4.90. The average Bonchev–Trinajstić information content (AvgIpc) is 2.74. The number of nitrogens with zero attached hydrogens (tertiary/aromatic N) is 2. The van der Waals surface area contributed by atoms with Crippen molar-refractivity contribution in [1.29, 1.82) is 0 Å². The minimum Gasteiger partial charge on any atom is -0.744 e. The summed E-state index contributed by atoms with van der Waals surface area (Å²) < 4.78 is 68.6. The molecule has 0 aliphatic rings. The molecule has 0 unspecified atom stereocenters. The van der Waals surface area contributed by atoms with Crippen molar-refractivity contribution in [3.63, 3.8) is 0 Å². The average molecular weight is 525 g/mol. The molecule has 0 amide bonds. The van der Waals surface area contributed by atoms with Crippen LogP contribution in [0.15, 0.2) is 44.0 Å². The molecule has 0 bridgehead atoms.